The van der Waals surface area contributed by atoms with Gasteiger partial charge in [0, 0.05) is 13.0 Å². The Morgan fingerprint density at radius 1 is 1.09 bits per heavy atom. The molecule has 0 radical (unpaired) electrons. The zero-order chi connectivity index (χ0) is 16.4. The van der Waals surface area contributed by atoms with Gasteiger partial charge in [0.1, 0.15) is 0 Å². The number of nitrogens with two attached hydrogens (primary N) is 1. The molecular formula is C16H26N2O4. The van der Waals surface area contributed by atoms with Gasteiger partial charge in [-0.15, -0.1) is 0 Å². The first-order chi connectivity index (χ1) is 10.7. The fourth-order valence-corrected chi connectivity index (χ4v) is 2.19. The molecule has 0 fully saturated rings. The molecular weight excluding hydrogens is 284 g/mol. The van der Waals surface area contributed by atoms with Crippen molar-refractivity contribution in [3.8, 4) is 17.2 Å². The number of rotatable bonds is 10. The number of aryl methyl sites for hydroxylation is 1. The number of carbonyl (C=O) groups is 1. The van der Waals surface area contributed by atoms with E-state index in [9.17, 15) is 4.79 Å². The highest BCUT2D eigenvalue weighted by atomic mass is 16.5. The van der Waals surface area contributed by atoms with Crippen LogP contribution in [0.4, 0.5) is 0 Å². The molecule has 124 valence electrons. The van der Waals surface area contributed by atoms with E-state index in [-0.39, 0.29) is 5.91 Å². The van der Waals surface area contributed by atoms with Gasteiger partial charge in [-0.25, -0.2) is 0 Å². The van der Waals surface area contributed by atoms with Crippen LogP contribution in [0.5, 0.6) is 17.2 Å². The lowest BCUT2D eigenvalue weighted by Crippen LogP contribution is -2.25. The average molecular weight is 310 g/mol. The van der Waals surface area contributed by atoms with Gasteiger partial charge in [0.15, 0.2) is 11.5 Å². The predicted octanol–water partition coefficient (Wildman–Crippen LogP) is 1.50. The molecule has 1 aromatic carbocycles. The molecule has 0 aliphatic rings. The summed E-state index contributed by atoms with van der Waals surface area (Å²) in [5, 5.41) is 2.89. The Morgan fingerprint density at radius 3 is 2.41 bits per heavy atom. The molecule has 0 bridgehead atoms. The van der Waals surface area contributed by atoms with E-state index in [2.05, 4.69) is 5.32 Å². The molecule has 3 N–H and O–H groups in total. The van der Waals surface area contributed by atoms with Crippen molar-refractivity contribution in [2.75, 3.05) is 34.4 Å². The quantitative estimate of drug-likeness (QED) is 0.640. The molecule has 0 atom stereocenters. The molecule has 0 aromatic heterocycles. The second kappa shape index (κ2) is 9.89. The Labute approximate surface area is 131 Å². The Balaban J connectivity index is 2.63. The Morgan fingerprint density at radius 2 is 1.82 bits per heavy atom. The number of carbonyl (C=O) groups excluding carboxylic acids is 1. The average Bonchev–Trinajstić information content (AvgIpc) is 2.55. The largest absolute Gasteiger partial charge is 0.493 e. The molecule has 6 nitrogen and oxygen atoms in total. The van der Waals surface area contributed by atoms with Crippen LogP contribution in [-0.2, 0) is 11.2 Å². The van der Waals surface area contributed by atoms with Crippen molar-refractivity contribution < 1.29 is 19.0 Å². The number of ether oxygens (including phenoxy) is 3. The normalized spacial score (nSPS) is 10.2. The van der Waals surface area contributed by atoms with Gasteiger partial charge in [-0.3, -0.25) is 4.79 Å². The maximum Gasteiger partial charge on any atom is 0.220 e. The second-order valence-corrected chi connectivity index (χ2v) is 4.84. The lowest BCUT2D eigenvalue weighted by Gasteiger charge is -2.15. The highest BCUT2D eigenvalue weighted by Gasteiger charge is 2.16. The summed E-state index contributed by atoms with van der Waals surface area (Å²) in [7, 11) is 4.72. The molecule has 0 unspecified atom stereocenters. The van der Waals surface area contributed by atoms with Crippen molar-refractivity contribution >= 4 is 5.91 Å². The summed E-state index contributed by atoms with van der Waals surface area (Å²) in [4.78, 5) is 11.8. The van der Waals surface area contributed by atoms with E-state index in [1.807, 2.05) is 12.1 Å². The molecule has 0 saturated carbocycles. The minimum Gasteiger partial charge on any atom is -0.493 e. The molecule has 22 heavy (non-hydrogen) atoms. The number of nitrogens with one attached hydrogen (secondary N) is 1. The maximum absolute atomic E-state index is 11.8. The predicted molar refractivity (Wildman–Crippen MR) is 85.7 cm³/mol. The van der Waals surface area contributed by atoms with Crippen LogP contribution in [-0.4, -0.2) is 40.3 Å². The van der Waals surface area contributed by atoms with Crippen LogP contribution in [0.1, 0.15) is 24.8 Å². The van der Waals surface area contributed by atoms with Crippen molar-refractivity contribution in [1.82, 2.24) is 5.32 Å². The summed E-state index contributed by atoms with van der Waals surface area (Å²) in [6.45, 7) is 1.32. The third-order valence-electron chi connectivity index (χ3n) is 3.36. The van der Waals surface area contributed by atoms with Crippen LogP contribution in [0, 0.1) is 0 Å². The second-order valence-electron chi connectivity index (χ2n) is 4.84. The monoisotopic (exact) mass is 310 g/mol. The van der Waals surface area contributed by atoms with Gasteiger partial charge in [-0.2, -0.15) is 0 Å². The lowest BCUT2D eigenvalue weighted by atomic mass is 10.1. The summed E-state index contributed by atoms with van der Waals surface area (Å²) in [5.41, 5.74) is 6.33. The van der Waals surface area contributed by atoms with E-state index in [1.165, 1.54) is 0 Å². The van der Waals surface area contributed by atoms with E-state index >= 15 is 0 Å². The van der Waals surface area contributed by atoms with Crippen molar-refractivity contribution in [3.05, 3.63) is 17.7 Å². The van der Waals surface area contributed by atoms with Crippen molar-refractivity contribution in [2.24, 2.45) is 5.73 Å². The number of unbranched alkanes of at least 4 members (excludes halogenated alkanes) is 1. The first kappa shape index (κ1) is 18.1. The molecule has 0 spiro atoms. The molecule has 1 amide bonds. The van der Waals surface area contributed by atoms with E-state index < -0.39 is 0 Å². The third kappa shape index (κ3) is 5.11. The molecule has 0 heterocycles. The van der Waals surface area contributed by atoms with Crippen LogP contribution in [0.3, 0.4) is 0 Å². The zero-order valence-electron chi connectivity index (χ0n) is 13.6. The Hall–Kier alpha value is -1.95. The third-order valence-corrected chi connectivity index (χ3v) is 3.36. The topological polar surface area (TPSA) is 82.8 Å². The summed E-state index contributed by atoms with van der Waals surface area (Å²) in [6.07, 6.45) is 2.80. The lowest BCUT2D eigenvalue weighted by molar-refractivity contribution is -0.121. The van der Waals surface area contributed by atoms with Crippen molar-refractivity contribution in [2.45, 2.75) is 25.7 Å². The molecule has 1 rings (SSSR count). The minimum atomic E-state index is 0.0221. The summed E-state index contributed by atoms with van der Waals surface area (Å²) < 4.78 is 16.0. The Bertz CT molecular complexity index is 477. The van der Waals surface area contributed by atoms with E-state index in [1.54, 1.807) is 21.3 Å². The summed E-state index contributed by atoms with van der Waals surface area (Å²) >= 11 is 0. The maximum atomic E-state index is 11.8. The van der Waals surface area contributed by atoms with Gasteiger partial charge in [0.05, 0.1) is 21.3 Å². The number of benzene rings is 1. The van der Waals surface area contributed by atoms with E-state index in [0.717, 1.165) is 18.4 Å². The molecule has 0 aliphatic carbocycles. The number of hydrogen-bond acceptors (Lipinski definition) is 5. The molecule has 0 saturated heterocycles. The molecule has 0 aliphatic heterocycles. The molecule has 6 heteroatoms. The summed E-state index contributed by atoms with van der Waals surface area (Å²) in [5.74, 6) is 1.78. The van der Waals surface area contributed by atoms with Gasteiger partial charge in [0.2, 0.25) is 11.7 Å². The zero-order valence-corrected chi connectivity index (χ0v) is 13.6. The number of amides is 1. The van der Waals surface area contributed by atoms with Gasteiger partial charge in [-0.05, 0) is 37.4 Å². The van der Waals surface area contributed by atoms with E-state index in [4.69, 9.17) is 19.9 Å². The minimum absolute atomic E-state index is 0.0221. The number of methoxy groups -OCH3 is 3. The van der Waals surface area contributed by atoms with Crippen LogP contribution < -0.4 is 25.3 Å². The van der Waals surface area contributed by atoms with E-state index in [0.29, 0.717) is 43.2 Å². The van der Waals surface area contributed by atoms with Crippen molar-refractivity contribution in [1.29, 1.82) is 0 Å². The standard InChI is InChI=1S/C16H26N2O4/c1-20-13-8-6-12(15(21-2)16(13)22-3)7-9-14(19)18-11-5-4-10-17/h6,8H,4-5,7,9-11,17H2,1-3H3,(H,18,19). The van der Waals surface area contributed by atoms with Crippen LogP contribution in [0.2, 0.25) is 0 Å². The highest BCUT2D eigenvalue weighted by Crippen LogP contribution is 2.40. The first-order valence-corrected chi connectivity index (χ1v) is 7.42. The first-order valence-electron chi connectivity index (χ1n) is 7.42. The van der Waals surface area contributed by atoms with Gasteiger partial charge < -0.3 is 25.3 Å². The highest BCUT2D eigenvalue weighted by molar-refractivity contribution is 5.76. The fraction of sp³-hybridized carbons (Fsp3) is 0.562. The summed E-state index contributed by atoms with van der Waals surface area (Å²) in [6, 6.07) is 3.71. The van der Waals surface area contributed by atoms with Crippen LogP contribution in [0.15, 0.2) is 12.1 Å². The smallest absolute Gasteiger partial charge is 0.220 e. The van der Waals surface area contributed by atoms with Crippen LogP contribution in [0.25, 0.3) is 0 Å². The number of hydrogen-bond donors (Lipinski definition) is 2. The van der Waals surface area contributed by atoms with Gasteiger partial charge in [0.25, 0.3) is 0 Å². The molecule has 1 aromatic rings. The van der Waals surface area contributed by atoms with Gasteiger partial charge in [-0.1, -0.05) is 6.07 Å². The van der Waals surface area contributed by atoms with Gasteiger partial charge >= 0.3 is 0 Å². The Kier molecular flexibility index (Phi) is 8.14. The van der Waals surface area contributed by atoms with Crippen LogP contribution >= 0.6 is 0 Å². The fourth-order valence-electron chi connectivity index (χ4n) is 2.19. The van der Waals surface area contributed by atoms with Crippen molar-refractivity contribution in [3.63, 3.8) is 0 Å². The SMILES string of the molecule is COc1ccc(CCC(=O)NCCCCN)c(OC)c1OC.